The summed E-state index contributed by atoms with van der Waals surface area (Å²) in [6.45, 7) is 0.111. The van der Waals surface area contributed by atoms with Gasteiger partial charge in [0, 0.05) is 6.07 Å². The van der Waals surface area contributed by atoms with Crippen molar-refractivity contribution in [2.75, 3.05) is 13.9 Å². The molecule has 0 amide bonds. The second kappa shape index (κ2) is 6.41. The minimum Gasteiger partial charge on any atom is -0.465 e. The van der Waals surface area contributed by atoms with E-state index >= 15 is 0 Å². The van der Waals surface area contributed by atoms with Crippen molar-refractivity contribution >= 4 is 23.3 Å². The Kier molecular flexibility index (Phi) is 4.15. The van der Waals surface area contributed by atoms with Gasteiger partial charge in [-0.2, -0.15) is 0 Å². The molecule has 0 aliphatic carbocycles. The largest absolute Gasteiger partial charge is 0.465 e. The SMILES string of the molecule is COC(=O)/C(=C/c1ccccc1[N+](=O)[O-])c1ccc2c(c1)OCO2. The van der Waals surface area contributed by atoms with Gasteiger partial charge in [0.25, 0.3) is 5.69 Å². The van der Waals surface area contributed by atoms with Crippen LogP contribution in [0.25, 0.3) is 11.6 Å². The first kappa shape index (κ1) is 15.5. The fourth-order valence-corrected chi connectivity index (χ4v) is 2.37. The molecule has 0 fully saturated rings. The first-order chi connectivity index (χ1) is 11.6. The van der Waals surface area contributed by atoms with E-state index in [-0.39, 0.29) is 18.1 Å². The van der Waals surface area contributed by atoms with Crippen LogP contribution in [0.15, 0.2) is 42.5 Å². The number of para-hydroxylation sites is 1. The molecule has 1 aliphatic heterocycles. The molecule has 1 heterocycles. The third kappa shape index (κ3) is 2.91. The lowest BCUT2D eigenvalue weighted by Crippen LogP contribution is -2.04. The number of hydrogen-bond acceptors (Lipinski definition) is 6. The number of fused-ring (bicyclic) bond motifs is 1. The van der Waals surface area contributed by atoms with Crippen LogP contribution in [0.4, 0.5) is 5.69 Å². The number of ether oxygens (including phenoxy) is 3. The smallest absolute Gasteiger partial charge is 0.338 e. The molecule has 0 spiro atoms. The van der Waals surface area contributed by atoms with Gasteiger partial charge in [0.2, 0.25) is 6.79 Å². The van der Waals surface area contributed by atoms with E-state index in [1.54, 1.807) is 36.4 Å². The Bertz CT molecular complexity index is 843. The fourth-order valence-electron chi connectivity index (χ4n) is 2.37. The number of rotatable bonds is 4. The molecule has 0 unspecified atom stereocenters. The highest BCUT2D eigenvalue weighted by atomic mass is 16.7. The molecule has 0 aromatic heterocycles. The summed E-state index contributed by atoms with van der Waals surface area (Å²) in [7, 11) is 1.25. The van der Waals surface area contributed by atoms with E-state index in [0.717, 1.165) is 0 Å². The maximum Gasteiger partial charge on any atom is 0.338 e. The van der Waals surface area contributed by atoms with Crippen LogP contribution < -0.4 is 9.47 Å². The molecule has 7 heteroatoms. The molecule has 122 valence electrons. The van der Waals surface area contributed by atoms with Gasteiger partial charge >= 0.3 is 5.97 Å². The minimum atomic E-state index is -0.605. The summed E-state index contributed by atoms with van der Waals surface area (Å²) in [5.41, 5.74) is 0.912. The number of benzene rings is 2. The predicted molar refractivity (Wildman–Crippen MR) is 85.5 cm³/mol. The molecule has 0 bridgehead atoms. The maximum atomic E-state index is 12.2. The van der Waals surface area contributed by atoms with E-state index in [4.69, 9.17) is 14.2 Å². The first-order valence-corrected chi connectivity index (χ1v) is 7.03. The van der Waals surface area contributed by atoms with Crippen LogP contribution in [0.5, 0.6) is 11.5 Å². The lowest BCUT2D eigenvalue weighted by Gasteiger charge is -2.07. The van der Waals surface area contributed by atoms with Crippen molar-refractivity contribution < 1.29 is 23.9 Å². The van der Waals surface area contributed by atoms with Crippen molar-refractivity contribution in [3.05, 3.63) is 63.7 Å². The highest BCUT2D eigenvalue weighted by Crippen LogP contribution is 2.35. The summed E-state index contributed by atoms with van der Waals surface area (Å²) in [4.78, 5) is 22.8. The molecule has 7 nitrogen and oxygen atoms in total. The molecule has 0 atom stereocenters. The number of carbonyl (C=O) groups is 1. The molecule has 2 aromatic rings. The average molecular weight is 327 g/mol. The Morgan fingerprint density at radius 1 is 1.21 bits per heavy atom. The molecule has 0 radical (unpaired) electrons. The van der Waals surface area contributed by atoms with Gasteiger partial charge in [-0.15, -0.1) is 0 Å². The van der Waals surface area contributed by atoms with Crippen LogP contribution in [0.1, 0.15) is 11.1 Å². The Morgan fingerprint density at radius 2 is 1.96 bits per heavy atom. The third-order valence-electron chi connectivity index (χ3n) is 3.52. The fraction of sp³-hybridized carbons (Fsp3) is 0.118. The number of nitro groups is 1. The van der Waals surface area contributed by atoms with Crippen molar-refractivity contribution in [3.63, 3.8) is 0 Å². The van der Waals surface area contributed by atoms with Gasteiger partial charge in [-0.25, -0.2) is 4.79 Å². The molecule has 0 saturated heterocycles. The molecule has 3 rings (SSSR count). The zero-order chi connectivity index (χ0) is 17.1. The molecule has 1 aliphatic rings. The number of carbonyl (C=O) groups excluding carboxylic acids is 1. The van der Waals surface area contributed by atoms with Gasteiger partial charge in [0.05, 0.1) is 23.2 Å². The molecule has 0 N–H and O–H groups in total. The Morgan fingerprint density at radius 3 is 2.71 bits per heavy atom. The van der Waals surface area contributed by atoms with Crippen LogP contribution in [0.2, 0.25) is 0 Å². The van der Waals surface area contributed by atoms with Gasteiger partial charge in [0.1, 0.15) is 0 Å². The highest BCUT2D eigenvalue weighted by Gasteiger charge is 2.20. The average Bonchev–Trinajstić information content (AvgIpc) is 3.06. The second-order valence-corrected chi connectivity index (χ2v) is 4.93. The zero-order valence-electron chi connectivity index (χ0n) is 12.7. The van der Waals surface area contributed by atoms with E-state index < -0.39 is 10.9 Å². The summed E-state index contributed by atoms with van der Waals surface area (Å²) in [5.74, 6) is 0.477. The van der Waals surface area contributed by atoms with Gasteiger partial charge in [-0.05, 0) is 29.8 Å². The highest BCUT2D eigenvalue weighted by molar-refractivity contribution is 6.22. The monoisotopic (exact) mass is 327 g/mol. The van der Waals surface area contributed by atoms with Crippen molar-refractivity contribution in [1.29, 1.82) is 0 Å². The Hall–Kier alpha value is -3.35. The third-order valence-corrected chi connectivity index (χ3v) is 3.52. The first-order valence-electron chi connectivity index (χ1n) is 7.03. The van der Waals surface area contributed by atoms with Crippen molar-refractivity contribution in [1.82, 2.24) is 0 Å². The van der Waals surface area contributed by atoms with Crippen LogP contribution in [-0.4, -0.2) is 24.8 Å². The van der Waals surface area contributed by atoms with Crippen LogP contribution in [-0.2, 0) is 9.53 Å². The molecule has 2 aromatic carbocycles. The number of nitro benzene ring substituents is 1. The summed E-state index contributed by atoms with van der Waals surface area (Å²) in [5, 5.41) is 11.2. The number of nitrogens with zero attached hydrogens (tertiary/aromatic N) is 1. The van der Waals surface area contributed by atoms with E-state index in [2.05, 4.69) is 0 Å². The Labute approximate surface area is 137 Å². The lowest BCUT2D eigenvalue weighted by molar-refractivity contribution is -0.385. The zero-order valence-corrected chi connectivity index (χ0v) is 12.7. The summed E-state index contributed by atoms with van der Waals surface area (Å²) in [6.07, 6.45) is 1.43. The quantitative estimate of drug-likeness (QED) is 0.282. The summed E-state index contributed by atoms with van der Waals surface area (Å²) >= 11 is 0. The summed E-state index contributed by atoms with van der Waals surface area (Å²) < 4.78 is 15.4. The van der Waals surface area contributed by atoms with Gasteiger partial charge in [0.15, 0.2) is 11.5 Å². The van der Waals surface area contributed by atoms with Crippen LogP contribution >= 0.6 is 0 Å². The van der Waals surface area contributed by atoms with Crippen molar-refractivity contribution in [3.8, 4) is 11.5 Å². The van der Waals surface area contributed by atoms with Crippen LogP contribution in [0.3, 0.4) is 0 Å². The van der Waals surface area contributed by atoms with Crippen LogP contribution in [0, 0.1) is 10.1 Å². The number of methoxy groups -OCH3 is 1. The number of esters is 1. The van der Waals surface area contributed by atoms with E-state index in [9.17, 15) is 14.9 Å². The topological polar surface area (TPSA) is 87.9 Å². The molecule has 24 heavy (non-hydrogen) atoms. The van der Waals surface area contributed by atoms with Gasteiger partial charge < -0.3 is 14.2 Å². The summed E-state index contributed by atoms with van der Waals surface area (Å²) in [6, 6.07) is 11.1. The molecular weight excluding hydrogens is 314 g/mol. The van der Waals surface area contributed by atoms with E-state index in [0.29, 0.717) is 22.6 Å². The van der Waals surface area contributed by atoms with Crippen molar-refractivity contribution in [2.45, 2.75) is 0 Å². The maximum absolute atomic E-state index is 12.2. The van der Waals surface area contributed by atoms with E-state index in [1.807, 2.05) is 0 Å². The van der Waals surface area contributed by atoms with Gasteiger partial charge in [-0.3, -0.25) is 10.1 Å². The normalized spacial score (nSPS) is 12.8. The minimum absolute atomic E-state index is 0.0975. The van der Waals surface area contributed by atoms with Crippen molar-refractivity contribution in [2.24, 2.45) is 0 Å². The van der Waals surface area contributed by atoms with E-state index in [1.165, 1.54) is 19.3 Å². The standard InChI is InChI=1S/C17H13NO6/c1-22-17(19)13(8-12-4-2-3-5-14(12)18(20)21)11-6-7-15-16(9-11)24-10-23-15/h2-9H,10H2,1H3/b13-8+. The molecule has 0 saturated carbocycles. The van der Waals surface area contributed by atoms with Gasteiger partial charge in [-0.1, -0.05) is 18.2 Å². The second-order valence-electron chi connectivity index (χ2n) is 4.93. The predicted octanol–water partition coefficient (Wildman–Crippen LogP) is 3.04. The number of hydrogen-bond donors (Lipinski definition) is 0. The molecular formula is C17H13NO6. The lowest BCUT2D eigenvalue weighted by atomic mass is 10.0. The Balaban J connectivity index is 2.11.